The fourth-order valence-corrected chi connectivity index (χ4v) is 2.60. The molecule has 0 atom stereocenters. The van der Waals surface area contributed by atoms with E-state index in [0.29, 0.717) is 5.56 Å². The molecule has 0 fully saturated rings. The van der Waals surface area contributed by atoms with Gasteiger partial charge in [0.15, 0.2) is 5.76 Å². The van der Waals surface area contributed by atoms with E-state index in [2.05, 4.69) is 10.5 Å². The number of carbonyl (C=O) groups excluding carboxylic acids is 1. The van der Waals surface area contributed by atoms with Crippen LogP contribution in [-0.2, 0) is 12.8 Å². The average molecular weight is 313 g/mol. The number of benzene rings is 1. The second kappa shape index (κ2) is 6.43. The summed E-state index contributed by atoms with van der Waals surface area (Å²) >= 11 is 0. The summed E-state index contributed by atoms with van der Waals surface area (Å²) in [5.41, 5.74) is 5.46. The van der Waals surface area contributed by atoms with E-state index in [1.54, 1.807) is 6.07 Å². The Hall–Kier alpha value is -2.96. The highest BCUT2D eigenvalue weighted by molar-refractivity contribution is 5.95. The first-order chi connectivity index (χ1) is 11.1. The topological polar surface area (TPSA) is 97.7 Å². The van der Waals surface area contributed by atoms with E-state index in [4.69, 9.17) is 4.42 Å². The molecule has 3 rings (SSSR count). The van der Waals surface area contributed by atoms with Crippen LogP contribution in [0.2, 0.25) is 0 Å². The number of rotatable bonds is 4. The molecule has 7 nitrogen and oxygen atoms in total. The first kappa shape index (κ1) is 15.0. The lowest BCUT2D eigenvalue weighted by atomic mass is 9.90. The first-order valence-corrected chi connectivity index (χ1v) is 7.33. The zero-order valence-corrected chi connectivity index (χ0v) is 12.3. The highest BCUT2D eigenvalue weighted by atomic mass is 16.6. The summed E-state index contributed by atoms with van der Waals surface area (Å²) in [4.78, 5) is 21.9. The molecule has 1 aliphatic carbocycles. The smallest absolute Gasteiger partial charge is 0.400 e. The first-order valence-electron chi connectivity index (χ1n) is 7.33. The van der Waals surface area contributed by atoms with Crippen LogP contribution < -0.4 is 5.43 Å². The van der Waals surface area contributed by atoms with Crippen molar-refractivity contribution in [3.05, 3.63) is 62.9 Å². The summed E-state index contributed by atoms with van der Waals surface area (Å²) in [5, 5.41) is 14.3. The van der Waals surface area contributed by atoms with Gasteiger partial charge in [0.25, 0.3) is 5.91 Å². The van der Waals surface area contributed by atoms with Crippen LogP contribution in [0.15, 0.2) is 39.9 Å². The van der Waals surface area contributed by atoms with Crippen LogP contribution in [0.4, 0.5) is 5.88 Å². The Balaban J connectivity index is 1.64. The second-order valence-corrected chi connectivity index (χ2v) is 5.32. The summed E-state index contributed by atoms with van der Waals surface area (Å²) < 4.78 is 4.91. The lowest BCUT2D eigenvalue weighted by Gasteiger charge is -2.15. The molecule has 0 aliphatic heterocycles. The fourth-order valence-electron chi connectivity index (χ4n) is 2.60. The summed E-state index contributed by atoms with van der Waals surface area (Å²) in [6, 6.07) is 8.31. The van der Waals surface area contributed by atoms with Gasteiger partial charge in [0.1, 0.15) is 4.92 Å². The van der Waals surface area contributed by atoms with Gasteiger partial charge in [-0.25, -0.2) is 5.43 Å². The number of nitrogens with one attached hydrogen (secondary N) is 1. The van der Waals surface area contributed by atoms with Crippen LogP contribution in [-0.4, -0.2) is 17.0 Å². The molecule has 0 unspecified atom stereocenters. The summed E-state index contributed by atoms with van der Waals surface area (Å²) in [7, 11) is 0. The molecule has 0 spiro atoms. The van der Waals surface area contributed by atoms with Gasteiger partial charge >= 0.3 is 5.88 Å². The maximum atomic E-state index is 12.1. The predicted molar refractivity (Wildman–Crippen MR) is 83.5 cm³/mol. The quantitative estimate of drug-likeness (QED) is 0.533. The molecule has 1 amide bonds. The molecule has 1 aromatic carbocycles. The van der Waals surface area contributed by atoms with Crippen LogP contribution in [0, 0.1) is 10.1 Å². The van der Waals surface area contributed by atoms with Crippen LogP contribution in [0.5, 0.6) is 0 Å². The third-order valence-electron chi connectivity index (χ3n) is 3.76. The number of fused-ring (bicyclic) bond motifs is 1. The molecule has 2 aromatic rings. The second-order valence-electron chi connectivity index (χ2n) is 5.32. The molecule has 23 heavy (non-hydrogen) atoms. The van der Waals surface area contributed by atoms with Gasteiger partial charge in [-0.05, 0) is 55.0 Å². The van der Waals surface area contributed by atoms with E-state index in [-0.39, 0.29) is 17.6 Å². The van der Waals surface area contributed by atoms with Crippen molar-refractivity contribution in [2.24, 2.45) is 5.10 Å². The zero-order chi connectivity index (χ0) is 16.2. The van der Waals surface area contributed by atoms with E-state index in [0.717, 1.165) is 19.3 Å². The highest BCUT2D eigenvalue weighted by Gasteiger charge is 2.13. The minimum Gasteiger partial charge on any atom is -0.400 e. The molecule has 1 heterocycles. The minimum absolute atomic E-state index is 0.197. The number of amides is 1. The molecule has 1 aliphatic rings. The predicted octanol–water partition coefficient (Wildman–Crippen LogP) is 2.83. The van der Waals surface area contributed by atoms with E-state index in [1.807, 2.05) is 12.1 Å². The summed E-state index contributed by atoms with van der Waals surface area (Å²) in [5.74, 6) is -0.495. The van der Waals surface area contributed by atoms with Crippen molar-refractivity contribution in [2.45, 2.75) is 25.7 Å². The molecule has 0 saturated carbocycles. The molecule has 1 N–H and O–H groups in total. The van der Waals surface area contributed by atoms with Crippen molar-refractivity contribution in [3.8, 4) is 0 Å². The van der Waals surface area contributed by atoms with Crippen LogP contribution in [0.1, 0.15) is 40.1 Å². The number of hydrazone groups is 1. The van der Waals surface area contributed by atoms with E-state index < -0.39 is 4.92 Å². The van der Waals surface area contributed by atoms with E-state index >= 15 is 0 Å². The Morgan fingerprint density at radius 2 is 2.00 bits per heavy atom. The lowest BCUT2D eigenvalue weighted by molar-refractivity contribution is -0.402. The van der Waals surface area contributed by atoms with Gasteiger partial charge in [0.05, 0.1) is 12.3 Å². The van der Waals surface area contributed by atoms with Gasteiger partial charge < -0.3 is 4.42 Å². The SMILES string of the molecule is O=C(N/N=C/c1ccc([N+](=O)[O-])o1)c1ccc2c(c1)CCCC2. The van der Waals surface area contributed by atoms with Crippen molar-refractivity contribution in [1.29, 1.82) is 0 Å². The van der Waals surface area contributed by atoms with Gasteiger partial charge in [-0.3, -0.25) is 14.9 Å². The Bertz CT molecular complexity index is 779. The molecule has 7 heteroatoms. The monoisotopic (exact) mass is 313 g/mol. The summed E-state index contributed by atoms with van der Waals surface area (Å²) in [6.45, 7) is 0. The average Bonchev–Trinajstić information content (AvgIpc) is 3.03. The maximum absolute atomic E-state index is 12.1. The molecule has 1 aromatic heterocycles. The maximum Gasteiger partial charge on any atom is 0.433 e. The largest absolute Gasteiger partial charge is 0.433 e. The number of carbonyl (C=O) groups is 1. The standard InChI is InChI=1S/C16H15N3O4/c20-16(13-6-5-11-3-1-2-4-12(11)9-13)18-17-10-14-7-8-15(23-14)19(21)22/h5-10H,1-4H2,(H,18,20)/b17-10+. The van der Waals surface area contributed by atoms with Crippen LogP contribution in [0.25, 0.3) is 0 Å². The van der Waals surface area contributed by atoms with Crippen molar-refractivity contribution in [3.63, 3.8) is 0 Å². The van der Waals surface area contributed by atoms with Crippen molar-refractivity contribution in [1.82, 2.24) is 5.43 Å². The van der Waals surface area contributed by atoms with Gasteiger partial charge in [0.2, 0.25) is 0 Å². The zero-order valence-electron chi connectivity index (χ0n) is 12.3. The molecule has 0 bridgehead atoms. The van der Waals surface area contributed by atoms with Crippen molar-refractivity contribution >= 4 is 18.0 Å². The number of nitro groups is 1. The Labute approximate surface area is 132 Å². The van der Waals surface area contributed by atoms with Gasteiger partial charge in [-0.2, -0.15) is 5.10 Å². The number of nitrogens with zero attached hydrogens (tertiary/aromatic N) is 2. The fraction of sp³-hybridized carbons (Fsp3) is 0.250. The lowest BCUT2D eigenvalue weighted by Crippen LogP contribution is -2.18. The van der Waals surface area contributed by atoms with Crippen molar-refractivity contribution in [2.75, 3.05) is 0 Å². The minimum atomic E-state index is -0.636. The number of hydrogen-bond acceptors (Lipinski definition) is 5. The number of hydrogen-bond donors (Lipinski definition) is 1. The van der Waals surface area contributed by atoms with E-state index in [1.165, 1.54) is 35.9 Å². The highest BCUT2D eigenvalue weighted by Crippen LogP contribution is 2.22. The molecule has 118 valence electrons. The Morgan fingerprint density at radius 3 is 2.74 bits per heavy atom. The molecular weight excluding hydrogens is 298 g/mol. The van der Waals surface area contributed by atoms with Crippen LogP contribution in [0.3, 0.4) is 0 Å². The normalized spacial score (nSPS) is 13.7. The molecule has 0 radical (unpaired) electrons. The molecular formula is C16H15N3O4. The summed E-state index contributed by atoms with van der Waals surface area (Å²) in [6.07, 6.45) is 5.62. The number of furan rings is 1. The number of aryl methyl sites for hydroxylation is 2. The molecule has 0 saturated heterocycles. The Kier molecular flexibility index (Phi) is 4.18. The third-order valence-corrected chi connectivity index (χ3v) is 3.76. The van der Waals surface area contributed by atoms with Gasteiger partial charge in [-0.15, -0.1) is 0 Å². The Morgan fingerprint density at radius 1 is 1.22 bits per heavy atom. The van der Waals surface area contributed by atoms with Gasteiger partial charge in [-0.1, -0.05) is 6.07 Å². The van der Waals surface area contributed by atoms with Gasteiger partial charge in [0, 0.05) is 5.56 Å². The van der Waals surface area contributed by atoms with Crippen LogP contribution >= 0.6 is 0 Å². The van der Waals surface area contributed by atoms with Crippen molar-refractivity contribution < 1.29 is 14.1 Å². The van der Waals surface area contributed by atoms with E-state index in [9.17, 15) is 14.9 Å². The third kappa shape index (κ3) is 3.45.